The molecule has 2 saturated carbocycles. The van der Waals surface area contributed by atoms with E-state index in [1.54, 1.807) is 43.3 Å². The van der Waals surface area contributed by atoms with Crippen LogP contribution < -0.4 is 59.2 Å². The molecule has 22 nitrogen and oxygen atoms in total. The zero-order valence-corrected chi connectivity index (χ0v) is 79.3. The first kappa shape index (κ1) is 101. The summed E-state index contributed by atoms with van der Waals surface area (Å²) in [5, 5.41) is 52.1. The molecule has 2 heterocycles. The second kappa shape index (κ2) is 40.7. The molecule has 142 heavy (non-hydrogen) atoms. The van der Waals surface area contributed by atoms with Gasteiger partial charge in [-0.1, -0.05) is 96.1 Å². The number of alkyl halides is 6. The van der Waals surface area contributed by atoms with Gasteiger partial charge < -0.3 is 88.4 Å². The SMILES string of the molecule is COc1cc(C(F)C2(F)C(C)=C(CC(=O)NCc3ccccc3)c3cc(F)ccc32)cc(OC)c1O.COc1cc(C(F)C2(F)C(C)=C(CC(=O)NCc3ccco3)c3cc(F)ccc32)cc(OC)c1O.COc1cc(C2(F)CC23C(C)=C(CC(=O)NCc2ccccc2)c2cc(F)ccc23)cc(OC)c1O.COc1cc(C2(F)CC23C(C)=C(CC(=O)NCc2ccco2)c2cc(F)ccc23)cc(OC)c1O. The number of methoxy groups -OCH3 is 8. The highest BCUT2D eigenvalue weighted by molar-refractivity contribution is 5.98. The summed E-state index contributed by atoms with van der Waals surface area (Å²) in [6.07, 6.45) is -1.88. The Labute approximate surface area is 811 Å². The molecule has 8 atom stereocenters. The summed E-state index contributed by atoms with van der Waals surface area (Å²) >= 11 is 0. The summed E-state index contributed by atoms with van der Waals surface area (Å²) in [4.78, 5) is 51.0. The molecule has 0 bridgehead atoms. The molecule has 2 fully saturated rings. The highest BCUT2D eigenvalue weighted by atomic mass is 19.2. The molecule has 6 aliphatic carbocycles. The van der Waals surface area contributed by atoms with E-state index in [1.165, 1.54) is 168 Å². The first-order valence-corrected chi connectivity index (χ1v) is 45.0. The Balaban J connectivity index is 0.000000143. The van der Waals surface area contributed by atoms with Crippen LogP contribution in [0, 0.1) is 23.3 Å². The molecule has 6 aliphatic rings. The molecule has 18 rings (SSSR count). The number of hydrogen-bond acceptors (Lipinski definition) is 18. The third kappa shape index (κ3) is 18.5. The quantitative estimate of drug-likeness (QED) is 0.0194. The number of hydrogen-bond donors (Lipinski definition) is 8. The number of furan rings is 2. The molecule has 32 heteroatoms. The lowest BCUT2D eigenvalue weighted by Gasteiger charge is -2.28. The number of allylic oxidation sites excluding steroid dienone is 4. The van der Waals surface area contributed by atoms with E-state index >= 15 is 26.3 Å². The molecule has 2 aromatic heterocycles. The fourth-order valence-corrected chi connectivity index (χ4v) is 19.9. The van der Waals surface area contributed by atoms with E-state index < -0.39 is 80.9 Å². The van der Waals surface area contributed by atoms with Gasteiger partial charge in [-0.15, -0.1) is 0 Å². The predicted octanol–water partition coefficient (Wildman–Crippen LogP) is 22.1. The van der Waals surface area contributed by atoms with Crippen molar-refractivity contribution < 1.29 is 130 Å². The van der Waals surface area contributed by atoms with Gasteiger partial charge in [-0.25, -0.2) is 43.9 Å². The van der Waals surface area contributed by atoms with E-state index in [0.29, 0.717) is 68.2 Å². The molecule has 12 aromatic rings. The minimum absolute atomic E-state index is 0.00910. The van der Waals surface area contributed by atoms with Crippen LogP contribution in [0.25, 0.3) is 22.3 Å². The Morgan fingerprint density at radius 2 is 0.585 bits per heavy atom. The van der Waals surface area contributed by atoms with Gasteiger partial charge in [0.05, 0.1) is 119 Å². The molecular weight excluding hydrogens is 1860 g/mol. The van der Waals surface area contributed by atoms with Gasteiger partial charge in [0, 0.05) is 37.1 Å². The topological polar surface area (TPSA) is 297 Å². The standard InChI is InChI=1S/C29H27F2NO4.C28H26F3NO4.C27H25F2NO5.C26H24F3NO5/c1-17-21(14-26(33)32-15-18-7-5-4-6-8-18)22-13-20(30)9-10-23(22)28(17)16-29(28,31)19-11-24(35-2)27(34)25(12-19)36-3;1-16-20(14-25(33)32-15-17-7-5-4-6-8-17)21-13-19(29)9-10-22(21)28(16,31)27(30)18-11-23(35-2)26(34)24(12-18)36-3;1-15-19(12-24(31)30-13-18-5-4-8-35-18)20-11-17(28)6-7-21(20)26(15)14-27(26,29)16-9-22(33-2)25(32)23(10-16)34-3;1-14-18(12-23(31)30-13-17-5-4-8-35-17)19-11-16(27)6-7-20(19)26(14,29)25(28)15-9-21(33-2)24(32)22(10-15)34-3/h4-13,34H,14-16H2,1-3H3,(H,32,33);4-13,27,34H,14-15H2,1-3H3,(H,32,33);4-11,32H,12-14H2,1-3H3,(H,30,31);4-11,25,32H,12-13H2,1-3H3,(H,30,31). The van der Waals surface area contributed by atoms with Gasteiger partial charge >= 0.3 is 0 Å². The number of amides is 4. The van der Waals surface area contributed by atoms with Gasteiger partial charge in [-0.05, 0) is 249 Å². The van der Waals surface area contributed by atoms with Gasteiger partial charge in [-0.2, -0.15) is 0 Å². The van der Waals surface area contributed by atoms with Gasteiger partial charge in [-0.3, -0.25) is 19.2 Å². The van der Waals surface area contributed by atoms with Crippen molar-refractivity contribution >= 4 is 45.9 Å². The number of phenolic OH excluding ortho intramolecular Hbond substituents is 4. The monoisotopic (exact) mass is 1960 g/mol. The lowest BCUT2D eigenvalue weighted by Crippen LogP contribution is -2.26. The Morgan fingerprint density at radius 3 is 0.852 bits per heavy atom. The van der Waals surface area contributed by atoms with Crippen LogP contribution in [0.4, 0.5) is 43.9 Å². The third-order valence-corrected chi connectivity index (χ3v) is 27.5. The summed E-state index contributed by atoms with van der Waals surface area (Å²) in [5.41, 5.74) is -3.65. The molecular formula is C110H102F10N4O18. The number of carbonyl (C=O) groups excluding carboxylic acids is 4. The van der Waals surface area contributed by atoms with Crippen LogP contribution in [-0.2, 0) is 78.9 Å². The Hall–Kier alpha value is -15.5. The molecule has 8 N–H and O–H groups in total. The second-order valence-electron chi connectivity index (χ2n) is 35.0. The number of rotatable bonds is 30. The van der Waals surface area contributed by atoms with Crippen molar-refractivity contribution in [3.05, 3.63) is 354 Å². The lowest BCUT2D eigenvalue weighted by atomic mass is 9.84. The number of halogens is 10. The zero-order valence-electron chi connectivity index (χ0n) is 79.3. The van der Waals surface area contributed by atoms with E-state index in [9.17, 15) is 57.2 Å². The van der Waals surface area contributed by atoms with Crippen molar-refractivity contribution in [3.63, 3.8) is 0 Å². The van der Waals surface area contributed by atoms with Gasteiger partial charge in [0.1, 0.15) is 34.8 Å². The number of phenols is 4. The molecule has 0 radical (unpaired) electrons. The maximum Gasteiger partial charge on any atom is 0.224 e. The van der Waals surface area contributed by atoms with E-state index in [1.807, 2.05) is 67.6 Å². The first-order valence-electron chi connectivity index (χ1n) is 45.0. The molecule has 8 unspecified atom stereocenters. The smallest absolute Gasteiger partial charge is 0.224 e. The Bertz CT molecular complexity index is 6650. The summed E-state index contributed by atoms with van der Waals surface area (Å²) in [7, 11) is 10.6. The van der Waals surface area contributed by atoms with Crippen LogP contribution in [0.2, 0.25) is 0 Å². The average Bonchev–Trinajstić information content (AvgIpc) is 1.48. The highest BCUT2D eigenvalue weighted by Gasteiger charge is 2.76. The second-order valence-corrected chi connectivity index (χ2v) is 35.0. The normalized spacial score (nSPS) is 19.9. The van der Waals surface area contributed by atoms with Crippen molar-refractivity contribution in [1.82, 2.24) is 21.3 Å². The fraction of sp³-hybridized carbons (Fsp3) is 0.273. The summed E-state index contributed by atoms with van der Waals surface area (Å²) in [5.74, 6) is -3.51. The third-order valence-electron chi connectivity index (χ3n) is 27.5. The Morgan fingerprint density at radius 1 is 0.331 bits per heavy atom. The highest BCUT2D eigenvalue weighted by Crippen LogP contribution is 2.77. The van der Waals surface area contributed by atoms with Crippen molar-refractivity contribution in [2.24, 2.45) is 0 Å². The Kier molecular flexibility index (Phi) is 29.0. The van der Waals surface area contributed by atoms with Crippen LogP contribution in [0.3, 0.4) is 0 Å². The number of aromatic hydroxyl groups is 4. The van der Waals surface area contributed by atoms with Crippen molar-refractivity contribution in [1.29, 1.82) is 0 Å². The summed E-state index contributed by atoms with van der Waals surface area (Å²) in [6, 6.07) is 51.5. The largest absolute Gasteiger partial charge is 0.502 e. The minimum Gasteiger partial charge on any atom is -0.502 e. The summed E-state index contributed by atoms with van der Waals surface area (Å²) < 4.78 is 208. The first-order chi connectivity index (χ1) is 67.9. The van der Waals surface area contributed by atoms with Gasteiger partial charge in [0.25, 0.3) is 0 Å². The van der Waals surface area contributed by atoms with Gasteiger partial charge in [0.2, 0.25) is 46.6 Å². The van der Waals surface area contributed by atoms with Crippen LogP contribution >= 0.6 is 0 Å². The van der Waals surface area contributed by atoms with E-state index in [2.05, 4.69) is 21.3 Å². The maximum atomic E-state index is 16.8. The van der Waals surface area contributed by atoms with Crippen LogP contribution in [0.5, 0.6) is 69.0 Å². The average molecular weight is 1960 g/mol. The minimum atomic E-state index is -2.70. The number of fused-ring (bicyclic) bond motifs is 6. The fourth-order valence-electron chi connectivity index (χ4n) is 19.9. The van der Waals surface area contributed by atoms with Crippen molar-refractivity contribution in [2.75, 3.05) is 56.9 Å². The zero-order chi connectivity index (χ0) is 102. The van der Waals surface area contributed by atoms with Crippen LogP contribution in [0.15, 0.2) is 250 Å². The molecule has 0 aliphatic heterocycles. The molecule has 10 aromatic carbocycles. The van der Waals surface area contributed by atoms with E-state index in [-0.39, 0.29) is 200 Å². The number of benzene rings is 10. The number of nitrogens with one attached hydrogen (secondary N) is 4. The molecule has 2 spiro atoms. The van der Waals surface area contributed by atoms with Gasteiger partial charge in [0.15, 0.2) is 81.0 Å². The lowest BCUT2D eigenvalue weighted by molar-refractivity contribution is -0.121. The maximum absolute atomic E-state index is 16.8. The van der Waals surface area contributed by atoms with Crippen molar-refractivity contribution in [2.45, 2.75) is 138 Å². The van der Waals surface area contributed by atoms with Crippen LogP contribution in [0.1, 0.15) is 168 Å². The van der Waals surface area contributed by atoms with Crippen LogP contribution in [-0.4, -0.2) is 101 Å². The van der Waals surface area contributed by atoms with E-state index in [4.69, 9.17) is 46.7 Å². The molecule has 740 valence electrons. The number of ether oxygens (including phenoxy) is 8. The summed E-state index contributed by atoms with van der Waals surface area (Å²) in [6.45, 7) is 7.37. The van der Waals surface area contributed by atoms with Crippen molar-refractivity contribution in [3.8, 4) is 69.0 Å². The molecule has 0 saturated heterocycles. The predicted molar refractivity (Wildman–Crippen MR) is 508 cm³/mol. The number of carbonyl (C=O) groups is 4. The molecule has 4 amide bonds. The van der Waals surface area contributed by atoms with E-state index in [0.717, 1.165) is 35.4 Å².